The first-order valence-electron chi connectivity index (χ1n) is 7.30. The maximum absolute atomic E-state index is 13.9. The molecule has 114 valence electrons. The zero-order valence-corrected chi connectivity index (χ0v) is 12.6. The number of ether oxygens (including phenoxy) is 1. The van der Waals surface area contributed by atoms with Gasteiger partial charge in [-0.2, -0.15) is 0 Å². The fraction of sp³-hybridized carbons (Fsp3) is 0.438. The van der Waals surface area contributed by atoms with E-state index in [4.69, 9.17) is 4.74 Å². The van der Waals surface area contributed by atoms with Gasteiger partial charge in [0, 0.05) is 18.9 Å². The standard InChI is InChI=1S/C16H22FN3O/c1-3-6-18-12-14-4-5-16(15(17)11-14)21-10-9-20-8-7-19-13(20)2/h4-5,7-8,11,18H,3,6,9-10,12H2,1-2H3. The third-order valence-electron chi connectivity index (χ3n) is 3.27. The van der Waals surface area contributed by atoms with Gasteiger partial charge in [0.25, 0.3) is 0 Å². The second-order valence-electron chi connectivity index (χ2n) is 4.96. The van der Waals surface area contributed by atoms with Gasteiger partial charge in [0.05, 0.1) is 6.54 Å². The minimum absolute atomic E-state index is 0.298. The van der Waals surface area contributed by atoms with Crippen LogP contribution in [-0.2, 0) is 13.1 Å². The Morgan fingerprint density at radius 1 is 1.38 bits per heavy atom. The van der Waals surface area contributed by atoms with Crippen molar-refractivity contribution in [3.05, 3.63) is 47.8 Å². The summed E-state index contributed by atoms with van der Waals surface area (Å²) in [5, 5.41) is 3.25. The second-order valence-corrected chi connectivity index (χ2v) is 4.96. The van der Waals surface area contributed by atoms with Gasteiger partial charge < -0.3 is 14.6 Å². The molecule has 0 aliphatic heterocycles. The Morgan fingerprint density at radius 2 is 2.24 bits per heavy atom. The van der Waals surface area contributed by atoms with Crippen LogP contribution < -0.4 is 10.1 Å². The van der Waals surface area contributed by atoms with E-state index in [1.807, 2.05) is 23.8 Å². The number of benzene rings is 1. The topological polar surface area (TPSA) is 39.1 Å². The maximum atomic E-state index is 13.9. The number of hydrogen-bond acceptors (Lipinski definition) is 3. The van der Waals surface area contributed by atoms with Crippen molar-refractivity contribution >= 4 is 0 Å². The Hall–Kier alpha value is -1.88. The average molecular weight is 291 g/mol. The van der Waals surface area contributed by atoms with Crippen molar-refractivity contribution in [1.82, 2.24) is 14.9 Å². The molecule has 0 aliphatic rings. The molecular formula is C16H22FN3O. The lowest BCUT2D eigenvalue weighted by atomic mass is 10.2. The summed E-state index contributed by atoms with van der Waals surface area (Å²) in [7, 11) is 0. The lowest BCUT2D eigenvalue weighted by Gasteiger charge is -2.10. The summed E-state index contributed by atoms with van der Waals surface area (Å²) in [5.41, 5.74) is 0.929. The smallest absolute Gasteiger partial charge is 0.165 e. The first-order chi connectivity index (χ1) is 10.2. The van der Waals surface area contributed by atoms with Gasteiger partial charge in [-0.05, 0) is 37.6 Å². The molecule has 1 N–H and O–H groups in total. The van der Waals surface area contributed by atoms with Gasteiger partial charge in [0.1, 0.15) is 12.4 Å². The van der Waals surface area contributed by atoms with E-state index in [0.717, 1.165) is 24.4 Å². The molecule has 1 heterocycles. The van der Waals surface area contributed by atoms with Crippen molar-refractivity contribution in [3.63, 3.8) is 0 Å². The van der Waals surface area contributed by atoms with E-state index in [2.05, 4.69) is 17.2 Å². The van der Waals surface area contributed by atoms with Crippen LogP contribution in [-0.4, -0.2) is 22.7 Å². The van der Waals surface area contributed by atoms with Crippen LogP contribution >= 0.6 is 0 Å². The Balaban J connectivity index is 1.84. The van der Waals surface area contributed by atoms with Crippen LogP contribution in [0.1, 0.15) is 24.7 Å². The summed E-state index contributed by atoms with van der Waals surface area (Å²) < 4.78 is 21.4. The van der Waals surface area contributed by atoms with E-state index < -0.39 is 0 Å². The van der Waals surface area contributed by atoms with E-state index in [-0.39, 0.29) is 5.82 Å². The van der Waals surface area contributed by atoms with Crippen molar-refractivity contribution in [1.29, 1.82) is 0 Å². The highest BCUT2D eigenvalue weighted by atomic mass is 19.1. The SMILES string of the molecule is CCCNCc1ccc(OCCn2ccnc2C)c(F)c1. The molecule has 0 aliphatic carbocycles. The Labute approximate surface area is 125 Å². The van der Waals surface area contributed by atoms with Crippen LogP contribution in [0.2, 0.25) is 0 Å². The molecule has 0 bridgehead atoms. The van der Waals surface area contributed by atoms with E-state index in [1.54, 1.807) is 12.3 Å². The van der Waals surface area contributed by atoms with E-state index in [0.29, 0.717) is 25.4 Å². The van der Waals surface area contributed by atoms with Crippen molar-refractivity contribution in [3.8, 4) is 5.75 Å². The summed E-state index contributed by atoms with van der Waals surface area (Å²) in [6.45, 7) is 6.72. The summed E-state index contributed by atoms with van der Waals surface area (Å²) >= 11 is 0. The van der Waals surface area contributed by atoms with Crippen LogP contribution in [0.3, 0.4) is 0 Å². The van der Waals surface area contributed by atoms with Crippen LogP contribution in [0.4, 0.5) is 4.39 Å². The van der Waals surface area contributed by atoms with Gasteiger partial charge in [-0.3, -0.25) is 0 Å². The molecule has 0 spiro atoms. The van der Waals surface area contributed by atoms with Crippen molar-refractivity contribution in [2.75, 3.05) is 13.2 Å². The monoisotopic (exact) mass is 291 g/mol. The van der Waals surface area contributed by atoms with E-state index in [1.165, 1.54) is 6.07 Å². The summed E-state index contributed by atoms with van der Waals surface area (Å²) in [6.07, 6.45) is 4.70. The number of halogens is 1. The molecule has 2 rings (SSSR count). The average Bonchev–Trinajstić information content (AvgIpc) is 2.87. The third-order valence-corrected chi connectivity index (χ3v) is 3.27. The molecule has 0 fully saturated rings. The van der Waals surface area contributed by atoms with E-state index >= 15 is 0 Å². The number of nitrogens with one attached hydrogen (secondary N) is 1. The largest absolute Gasteiger partial charge is 0.489 e. The predicted octanol–water partition coefficient (Wildman–Crippen LogP) is 2.91. The van der Waals surface area contributed by atoms with Crippen molar-refractivity contribution in [2.24, 2.45) is 0 Å². The highest BCUT2D eigenvalue weighted by molar-refractivity contribution is 5.29. The molecule has 0 saturated heterocycles. The quantitative estimate of drug-likeness (QED) is 0.760. The lowest BCUT2D eigenvalue weighted by Crippen LogP contribution is -2.14. The highest BCUT2D eigenvalue weighted by Gasteiger charge is 2.05. The van der Waals surface area contributed by atoms with Crippen molar-refractivity contribution < 1.29 is 9.13 Å². The number of rotatable bonds is 8. The molecule has 1 aromatic heterocycles. The van der Waals surface area contributed by atoms with Gasteiger partial charge in [0.2, 0.25) is 0 Å². The number of aryl methyl sites for hydroxylation is 1. The third kappa shape index (κ3) is 4.56. The molecule has 2 aromatic rings. The van der Waals surface area contributed by atoms with Crippen LogP contribution in [0.15, 0.2) is 30.6 Å². The predicted molar refractivity (Wildman–Crippen MR) is 80.9 cm³/mol. The van der Waals surface area contributed by atoms with Crippen molar-refractivity contribution in [2.45, 2.75) is 33.4 Å². The minimum atomic E-state index is -0.312. The first-order valence-corrected chi connectivity index (χ1v) is 7.30. The molecule has 0 radical (unpaired) electrons. The normalized spacial score (nSPS) is 10.8. The Bertz CT molecular complexity index is 568. The fourth-order valence-corrected chi connectivity index (χ4v) is 2.07. The number of imidazole rings is 1. The minimum Gasteiger partial charge on any atom is -0.489 e. The van der Waals surface area contributed by atoms with Gasteiger partial charge in [-0.25, -0.2) is 9.37 Å². The zero-order chi connectivity index (χ0) is 15.1. The van der Waals surface area contributed by atoms with Crippen LogP contribution in [0, 0.1) is 12.7 Å². The Kier molecular flexibility index (Phi) is 5.75. The second kappa shape index (κ2) is 7.78. The molecule has 5 heteroatoms. The van der Waals surface area contributed by atoms with Gasteiger partial charge in [0.15, 0.2) is 11.6 Å². The van der Waals surface area contributed by atoms with Gasteiger partial charge in [-0.1, -0.05) is 13.0 Å². The molecule has 0 atom stereocenters. The molecule has 4 nitrogen and oxygen atoms in total. The molecule has 1 aromatic carbocycles. The number of nitrogens with zero attached hydrogens (tertiary/aromatic N) is 2. The van der Waals surface area contributed by atoms with E-state index in [9.17, 15) is 4.39 Å². The fourth-order valence-electron chi connectivity index (χ4n) is 2.07. The van der Waals surface area contributed by atoms with Gasteiger partial charge in [-0.15, -0.1) is 0 Å². The molecule has 0 saturated carbocycles. The Morgan fingerprint density at radius 3 is 2.90 bits per heavy atom. The van der Waals surface area contributed by atoms with Crippen LogP contribution in [0.25, 0.3) is 0 Å². The molecular weight excluding hydrogens is 269 g/mol. The summed E-state index contributed by atoms with van der Waals surface area (Å²) in [6, 6.07) is 5.11. The summed E-state index contributed by atoms with van der Waals surface area (Å²) in [5.74, 6) is 0.913. The first kappa shape index (κ1) is 15.5. The van der Waals surface area contributed by atoms with Crippen LogP contribution in [0.5, 0.6) is 5.75 Å². The lowest BCUT2D eigenvalue weighted by molar-refractivity contribution is 0.283. The maximum Gasteiger partial charge on any atom is 0.165 e. The number of aromatic nitrogens is 2. The number of hydrogen-bond donors (Lipinski definition) is 1. The zero-order valence-electron chi connectivity index (χ0n) is 12.6. The molecule has 21 heavy (non-hydrogen) atoms. The highest BCUT2D eigenvalue weighted by Crippen LogP contribution is 2.18. The van der Waals surface area contributed by atoms with Gasteiger partial charge >= 0.3 is 0 Å². The summed E-state index contributed by atoms with van der Waals surface area (Å²) in [4.78, 5) is 4.13. The molecule has 0 amide bonds. The molecule has 0 unspecified atom stereocenters.